The van der Waals surface area contributed by atoms with E-state index >= 15 is 8.78 Å². The first-order chi connectivity index (χ1) is 20.8. The molecule has 1 atom stereocenters. The number of carboxylic acid groups (broad SMARTS) is 1. The van der Waals surface area contributed by atoms with Gasteiger partial charge in [-0.25, -0.2) is 27.9 Å². The van der Waals surface area contributed by atoms with Gasteiger partial charge in [-0.1, -0.05) is 12.1 Å². The molecule has 1 fully saturated rings. The number of rotatable bonds is 8. The van der Waals surface area contributed by atoms with Crippen molar-refractivity contribution in [2.24, 2.45) is 0 Å². The first-order valence-electron chi connectivity index (χ1n) is 13.4. The van der Waals surface area contributed by atoms with E-state index in [-0.39, 0.29) is 58.5 Å². The summed E-state index contributed by atoms with van der Waals surface area (Å²) in [5.41, 5.74) is 1.73. The maximum atomic E-state index is 15.5. The number of nitriles is 1. The van der Waals surface area contributed by atoms with Crippen LogP contribution in [0.2, 0.25) is 0 Å². The molecule has 0 saturated carbocycles. The van der Waals surface area contributed by atoms with Gasteiger partial charge in [-0.3, -0.25) is 0 Å². The molecular weight excluding hydrogens is 561 g/mol. The van der Waals surface area contributed by atoms with Crippen molar-refractivity contribution in [1.82, 2.24) is 14.5 Å². The predicted octanol–water partition coefficient (Wildman–Crippen LogP) is 6.22. The molecule has 0 amide bonds. The number of ether oxygens (including phenoxy) is 2. The summed E-state index contributed by atoms with van der Waals surface area (Å²) in [7, 11) is 0. The fraction of sp³-hybridized carbons (Fsp3) is 0.188. The number of hydrogen-bond donors (Lipinski definition) is 1. The average Bonchev–Trinajstić information content (AvgIpc) is 3.65. The van der Waals surface area contributed by atoms with E-state index in [4.69, 9.17) is 14.7 Å². The molecule has 1 aliphatic rings. The Morgan fingerprint density at radius 1 is 1.02 bits per heavy atom. The summed E-state index contributed by atoms with van der Waals surface area (Å²) in [6.45, 7) is 0.747. The van der Waals surface area contributed by atoms with Gasteiger partial charge in [0.25, 0.3) is 0 Å². The van der Waals surface area contributed by atoms with Gasteiger partial charge < -0.3 is 19.1 Å². The van der Waals surface area contributed by atoms with E-state index in [2.05, 4.69) is 9.97 Å². The number of nitrogens with zero attached hydrogens (tertiary/aromatic N) is 4. The van der Waals surface area contributed by atoms with Crippen LogP contribution in [0.25, 0.3) is 22.3 Å². The van der Waals surface area contributed by atoms with Crippen LogP contribution in [-0.4, -0.2) is 38.8 Å². The number of halogens is 3. The van der Waals surface area contributed by atoms with Crippen molar-refractivity contribution >= 4 is 17.0 Å². The number of hydrogen-bond acceptors (Lipinski definition) is 6. The van der Waals surface area contributed by atoms with Gasteiger partial charge in [0, 0.05) is 30.2 Å². The van der Waals surface area contributed by atoms with Crippen molar-refractivity contribution in [3.05, 3.63) is 112 Å². The topological polar surface area (TPSA) is 110 Å². The molecule has 3 aromatic carbocycles. The van der Waals surface area contributed by atoms with Gasteiger partial charge in [0.05, 0.1) is 46.6 Å². The highest BCUT2D eigenvalue weighted by molar-refractivity contribution is 5.92. The summed E-state index contributed by atoms with van der Waals surface area (Å²) in [5.74, 6) is -2.51. The van der Waals surface area contributed by atoms with Crippen molar-refractivity contribution < 1.29 is 32.5 Å². The second kappa shape index (κ2) is 11.6. The average molecular weight is 585 g/mol. The van der Waals surface area contributed by atoms with E-state index < -0.39 is 23.4 Å². The van der Waals surface area contributed by atoms with Crippen LogP contribution in [0.5, 0.6) is 5.88 Å². The van der Waals surface area contributed by atoms with E-state index in [9.17, 15) is 14.3 Å². The van der Waals surface area contributed by atoms with Crippen LogP contribution >= 0.6 is 0 Å². The minimum absolute atomic E-state index is 0.0383. The van der Waals surface area contributed by atoms with E-state index in [1.807, 2.05) is 10.6 Å². The van der Waals surface area contributed by atoms with E-state index in [1.54, 1.807) is 12.1 Å². The molecule has 43 heavy (non-hydrogen) atoms. The summed E-state index contributed by atoms with van der Waals surface area (Å²) in [6, 6.07) is 17.1. The molecule has 1 aliphatic heterocycles. The lowest BCUT2D eigenvalue weighted by atomic mass is 10.0. The SMILES string of the molecule is N#Cc1ccc(COc2cccc(-c3cc(F)c(Cc4nc5ccc(C(=O)O)cc5n4[C@@H]4CCOC4)cc3F)n2)c(F)c1. The number of imidazole rings is 1. The molecule has 6 rings (SSSR count). The Bertz CT molecular complexity index is 1910. The molecule has 11 heteroatoms. The molecule has 1 N–H and O–H groups in total. The second-order valence-electron chi connectivity index (χ2n) is 10.1. The first-order valence-corrected chi connectivity index (χ1v) is 13.4. The van der Waals surface area contributed by atoms with Crippen LogP contribution < -0.4 is 4.74 Å². The van der Waals surface area contributed by atoms with Gasteiger partial charge in [0.1, 0.15) is 29.9 Å². The molecule has 216 valence electrons. The third kappa shape index (κ3) is 5.65. The summed E-state index contributed by atoms with van der Waals surface area (Å²) < 4.78 is 58.1. The molecule has 0 spiro atoms. The minimum atomic E-state index is -1.08. The van der Waals surface area contributed by atoms with Crippen LogP contribution in [-0.2, 0) is 17.8 Å². The minimum Gasteiger partial charge on any atom is -0.478 e. The number of benzene rings is 3. The fourth-order valence-corrected chi connectivity index (χ4v) is 5.15. The lowest BCUT2D eigenvalue weighted by molar-refractivity contribution is 0.0697. The standard InChI is InChI=1S/C32H23F3N4O4/c33-24-10-18(15-36)4-5-20(24)16-43-31-3-1-2-27(38-31)23-14-25(34)21(11-26(23)35)13-30-37-28-7-6-19(32(40)41)12-29(28)39(30)22-8-9-42-17-22/h1-7,10-12,14,22H,8-9,13,16-17H2,(H,40,41)/t22-/m1/s1. The highest BCUT2D eigenvalue weighted by Crippen LogP contribution is 2.31. The zero-order valence-corrected chi connectivity index (χ0v) is 22.6. The smallest absolute Gasteiger partial charge is 0.335 e. The van der Waals surface area contributed by atoms with Crippen molar-refractivity contribution in [1.29, 1.82) is 5.26 Å². The molecule has 2 aromatic heterocycles. The second-order valence-corrected chi connectivity index (χ2v) is 10.1. The lowest BCUT2D eigenvalue weighted by Gasteiger charge is -2.16. The highest BCUT2D eigenvalue weighted by atomic mass is 19.1. The Morgan fingerprint density at radius 2 is 1.86 bits per heavy atom. The van der Waals surface area contributed by atoms with E-state index in [1.165, 1.54) is 36.4 Å². The van der Waals surface area contributed by atoms with Crippen LogP contribution in [0.4, 0.5) is 13.2 Å². The Labute approximate surface area is 243 Å². The third-order valence-electron chi connectivity index (χ3n) is 7.32. The molecular formula is C32H23F3N4O4. The maximum absolute atomic E-state index is 15.5. The van der Waals surface area contributed by atoms with Gasteiger partial charge in [0.2, 0.25) is 5.88 Å². The first kappa shape index (κ1) is 27.9. The molecule has 5 aromatic rings. The fourth-order valence-electron chi connectivity index (χ4n) is 5.15. The van der Waals surface area contributed by atoms with Gasteiger partial charge in [-0.2, -0.15) is 5.26 Å². The van der Waals surface area contributed by atoms with Crippen LogP contribution in [0.15, 0.2) is 66.7 Å². The number of fused-ring (bicyclic) bond motifs is 1. The number of carbonyl (C=O) groups is 1. The quantitative estimate of drug-likeness (QED) is 0.231. The monoisotopic (exact) mass is 584 g/mol. The number of pyridine rings is 1. The van der Waals surface area contributed by atoms with Crippen molar-refractivity contribution in [3.63, 3.8) is 0 Å². The van der Waals surface area contributed by atoms with Gasteiger partial charge in [-0.15, -0.1) is 0 Å². The summed E-state index contributed by atoms with van der Waals surface area (Å²) in [6.07, 6.45) is 0.636. The number of carboxylic acids is 1. The summed E-state index contributed by atoms with van der Waals surface area (Å²) in [5, 5.41) is 18.4. The van der Waals surface area contributed by atoms with Crippen LogP contribution in [0.1, 0.15) is 45.3 Å². The van der Waals surface area contributed by atoms with Gasteiger partial charge >= 0.3 is 5.97 Å². The summed E-state index contributed by atoms with van der Waals surface area (Å²) >= 11 is 0. The van der Waals surface area contributed by atoms with Crippen LogP contribution in [0.3, 0.4) is 0 Å². The predicted molar refractivity (Wildman–Crippen MR) is 149 cm³/mol. The Kier molecular flexibility index (Phi) is 7.52. The van der Waals surface area contributed by atoms with Gasteiger partial charge in [-0.05, 0) is 60.5 Å². The Morgan fingerprint density at radius 3 is 2.60 bits per heavy atom. The molecule has 0 bridgehead atoms. The molecule has 0 aliphatic carbocycles. The number of aromatic nitrogens is 3. The van der Waals surface area contributed by atoms with Gasteiger partial charge in [0.15, 0.2) is 0 Å². The third-order valence-corrected chi connectivity index (χ3v) is 7.32. The molecule has 0 unspecified atom stereocenters. The number of aromatic carboxylic acids is 1. The zero-order chi connectivity index (χ0) is 30.1. The molecule has 1 saturated heterocycles. The normalized spacial score (nSPS) is 14.6. The van der Waals surface area contributed by atoms with Crippen LogP contribution in [0, 0.1) is 28.8 Å². The lowest BCUT2D eigenvalue weighted by Crippen LogP contribution is -2.13. The van der Waals surface area contributed by atoms with Crippen molar-refractivity contribution in [3.8, 4) is 23.2 Å². The molecule has 8 nitrogen and oxygen atoms in total. The highest BCUT2D eigenvalue weighted by Gasteiger charge is 2.25. The van der Waals surface area contributed by atoms with Crippen molar-refractivity contribution in [2.45, 2.75) is 25.5 Å². The Balaban J connectivity index is 1.28. The van der Waals surface area contributed by atoms with E-state index in [0.717, 1.165) is 18.2 Å². The maximum Gasteiger partial charge on any atom is 0.335 e. The summed E-state index contributed by atoms with van der Waals surface area (Å²) in [4.78, 5) is 20.5. The largest absolute Gasteiger partial charge is 0.478 e. The molecule has 0 radical (unpaired) electrons. The Hall–Kier alpha value is -5.21. The molecule has 3 heterocycles. The zero-order valence-electron chi connectivity index (χ0n) is 22.6. The van der Waals surface area contributed by atoms with Crippen molar-refractivity contribution in [2.75, 3.05) is 13.2 Å². The van der Waals surface area contributed by atoms with E-state index in [0.29, 0.717) is 36.5 Å².